The van der Waals surface area contributed by atoms with E-state index in [1.165, 1.54) is 19.4 Å². The Labute approximate surface area is 146 Å². The number of ether oxygens (including phenoxy) is 1. The van der Waals surface area contributed by atoms with Gasteiger partial charge in [0.15, 0.2) is 0 Å². The van der Waals surface area contributed by atoms with Gasteiger partial charge in [-0.1, -0.05) is 33.3 Å². The number of carbonyl (C=O) groups is 1. The fourth-order valence-corrected chi connectivity index (χ4v) is 2.94. The fraction of sp³-hybridized carbons (Fsp3) is 0.650. The number of rotatable bonds is 8. The Hall–Kier alpha value is -1.55. The highest BCUT2D eigenvalue weighted by Crippen LogP contribution is 2.16. The first-order valence-electron chi connectivity index (χ1n) is 9.34. The van der Waals surface area contributed by atoms with E-state index >= 15 is 0 Å². The van der Waals surface area contributed by atoms with Crippen molar-refractivity contribution in [2.75, 3.05) is 26.2 Å². The Kier molecular flexibility index (Phi) is 7.57. The second kappa shape index (κ2) is 9.67. The van der Waals surface area contributed by atoms with E-state index in [0.717, 1.165) is 31.7 Å². The third-order valence-electron chi connectivity index (χ3n) is 4.43. The highest BCUT2D eigenvalue weighted by Gasteiger charge is 2.20. The van der Waals surface area contributed by atoms with Gasteiger partial charge in [-0.05, 0) is 49.9 Å². The first-order valence-corrected chi connectivity index (χ1v) is 9.34. The highest BCUT2D eigenvalue weighted by molar-refractivity contribution is 5.94. The van der Waals surface area contributed by atoms with Gasteiger partial charge in [0.25, 0.3) is 5.91 Å². The van der Waals surface area contributed by atoms with Gasteiger partial charge in [0.2, 0.25) is 0 Å². The zero-order valence-corrected chi connectivity index (χ0v) is 15.4. The third kappa shape index (κ3) is 6.16. The normalized spacial score (nSPS) is 16.3. The van der Waals surface area contributed by atoms with E-state index < -0.39 is 0 Å². The van der Waals surface area contributed by atoms with Gasteiger partial charge in [0.05, 0.1) is 6.61 Å². The lowest BCUT2D eigenvalue weighted by molar-refractivity contribution is 0.0910. The van der Waals surface area contributed by atoms with Crippen molar-refractivity contribution in [1.82, 2.24) is 10.2 Å². The van der Waals surface area contributed by atoms with E-state index in [2.05, 4.69) is 31.0 Å². The lowest BCUT2D eigenvalue weighted by Crippen LogP contribution is -2.44. The van der Waals surface area contributed by atoms with E-state index in [1.807, 2.05) is 24.3 Å². The van der Waals surface area contributed by atoms with Crippen LogP contribution in [-0.2, 0) is 0 Å². The van der Waals surface area contributed by atoms with E-state index in [1.54, 1.807) is 0 Å². The molecule has 1 fully saturated rings. The lowest BCUT2D eigenvalue weighted by atomic mass is 10.0. The van der Waals surface area contributed by atoms with Gasteiger partial charge < -0.3 is 15.0 Å². The van der Waals surface area contributed by atoms with Crippen molar-refractivity contribution in [3.8, 4) is 5.75 Å². The molecule has 0 saturated carbocycles. The molecule has 1 amide bonds. The summed E-state index contributed by atoms with van der Waals surface area (Å²) in [4.78, 5) is 15.0. The molecule has 0 unspecified atom stereocenters. The molecule has 2 rings (SSSR count). The number of hydrogen-bond donors (Lipinski definition) is 1. The molecule has 1 aromatic carbocycles. The molecule has 0 spiro atoms. The molecule has 0 radical (unpaired) electrons. The molecule has 0 aliphatic carbocycles. The Balaban J connectivity index is 1.81. The molecule has 4 heteroatoms. The summed E-state index contributed by atoms with van der Waals surface area (Å²) < 4.78 is 5.71. The molecule has 24 heavy (non-hydrogen) atoms. The molecule has 1 aliphatic rings. The van der Waals surface area contributed by atoms with Crippen molar-refractivity contribution in [2.24, 2.45) is 5.92 Å². The summed E-state index contributed by atoms with van der Waals surface area (Å²) in [6.07, 6.45) is 4.59. The summed E-state index contributed by atoms with van der Waals surface area (Å²) in [6, 6.07) is 7.78. The third-order valence-corrected chi connectivity index (χ3v) is 4.43. The number of unbranched alkanes of at least 4 members (excludes halogenated alkanes) is 1. The molecule has 0 atom stereocenters. The number of hydrogen-bond acceptors (Lipinski definition) is 3. The maximum Gasteiger partial charge on any atom is 0.251 e. The quantitative estimate of drug-likeness (QED) is 0.789. The Morgan fingerprint density at radius 3 is 2.75 bits per heavy atom. The van der Waals surface area contributed by atoms with Crippen LogP contribution in [0.15, 0.2) is 24.3 Å². The lowest BCUT2D eigenvalue weighted by Gasteiger charge is -2.32. The molecule has 1 N–H and O–H groups in total. The van der Waals surface area contributed by atoms with Crippen LogP contribution >= 0.6 is 0 Å². The van der Waals surface area contributed by atoms with Crippen molar-refractivity contribution in [1.29, 1.82) is 0 Å². The summed E-state index contributed by atoms with van der Waals surface area (Å²) in [7, 11) is 0. The summed E-state index contributed by atoms with van der Waals surface area (Å²) in [5, 5.41) is 3.18. The molecule has 0 aromatic heterocycles. The second-order valence-corrected chi connectivity index (χ2v) is 7.18. The molecular formula is C20H32N2O2. The number of nitrogens with zero attached hydrogens (tertiary/aromatic N) is 1. The topological polar surface area (TPSA) is 41.6 Å². The first kappa shape index (κ1) is 18.8. The van der Waals surface area contributed by atoms with Crippen LogP contribution < -0.4 is 10.1 Å². The predicted molar refractivity (Wildman–Crippen MR) is 98.6 cm³/mol. The van der Waals surface area contributed by atoms with Crippen LogP contribution in [0.1, 0.15) is 56.8 Å². The van der Waals surface area contributed by atoms with Crippen LogP contribution in [-0.4, -0.2) is 43.1 Å². The van der Waals surface area contributed by atoms with Crippen LogP contribution in [0.3, 0.4) is 0 Å². The van der Waals surface area contributed by atoms with Gasteiger partial charge in [-0.3, -0.25) is 4.79 Å². The number of nitrogens with one attached hydrogen (secondary N) is 1. The average molecular weight is 332 g/mol. The fourth-order valence-electron chi connectivity index (χ4n) is 2.94. The molecule has 1 aliphatic heterocycles. The Morgan fingerprint density at radius 1 is 1.33 bits per heavy atom. The second-order valence-electron chi connectivity index (χ2n) is 7.18. The van der Waals surface area contributed by atoms with Gasteiger partial charge in [-0.2, -0.15) is 0 Å². The average Bonchev–Trinajstić information content (AvgIpc) is 2.59. The van der Waals surface area contributed by atoms with E-state index in [9.17, 15) is 4.79 Å². The van der Waals surface area contributed by atoms with E-state index in [4.69, 9.17) is 4.74 Å². The van der Waals surface area contributed by atoms with Crippen molar-refractivity contribution in [3.05, 3.63) is 29.8 Å². The van der Waals surface area contributed by atoms with Crippen molar-refractivity contribution >= 4 is 5.91 Å². The van der Waals surface area contributed by atoms with Gasteiger partial charge in [-0.25, -0.2) is 0 Å². The number of benzene rings is 1. The minimum Gasteiger partial charge on any atom is -0.493 e. The van der Waals surface area contributed by atoms with Crippen LogP contribution in [0.25, 0.3) is 0 Å². The maximum atomic E-state index is 12.5. The highest BCUT2D eigenvalue weighted by atomic mass is 16.5. The zero-order valence-electron chi connectivity index (χ0n) is 15.4. The van der Waals surface area contributed by atoms with Gasteiger partial charge in [0, 0.05) is 24.7 Å². The maximum absolute atomic E-state index is 12.5. The van der Waals surface area contributed by atoms with Gasteiger partial charge in [0.1, 0.15) is 5.75 Å². The van der Waals surface area contributed by atoms with Crippen LogP contribution in [0.5, 0.6) is 5.75 Å². The van der Waals surface area contributed by atoms with Gasteiger partial charge in [-0.15, -0.1) is 0 Å². The summed E-state index contributed by atoms with van der Waals surface area (Å²) >= 11 is 0. The largest absolute Gasteiger partial charge is 0.493 e. The first-order chi connectivity index (χ1) is 11.6. The monoisotopic (exact) mass is 332 g/mol. The minimum absolute atomic E-state index is 0.0111. The summed E-state index contributed by atoms with van der Waals surface area (Å²) in [5.41, 5.74) is 0.685. The van der Waals surface area contributed by atoms with Crippen molar-refractivity contribution in [2.45, 2.75) is 52.5 Å². The number of piperidine rings is 1. The molecule has 134 valence electrons. The number of likely N-dealkylation sites (tertiary alicyclic amines) is 1. The number of carbonyl (C=O) groups excluding carboxylic acids is 1. The Bertz CT molecular complexity index is 508. The number of amides is 1. The summed E-state index contributed by atoms with van der Waals surface area (Å²) in [6.45, 7) is 10.5. The molecule has 4 nitrogen and oxygen atoms in total. The van der Waals surface area contributed by atoms with Crippen molar-refractivity contribution in [3.63, 3.8) is 0 Å². The summed E-state index contributed by atoms with van der Waals surface area (Å²) in [5.74, 6) is 1.25. The van der Waals surface area contributed by atoms with Crippen molar-refractivity contribution < 1.29 is 9.53 Å². The van der Waals surface area contributed by atoms with E-state index in [0.29, 0.717) is 18.1 Å². The standard InChI is InChI=1S/C20H32N2O2/c1-4-5-11-22-12-9-18(10-13-22)21-20(23)17-7-6-8-19(14-17)24-15-16(2)3/h6-8,14,16,18H,4-5,9-13,15H2,1-3H3,(H,21,23). The van der Waals surface area contributed by atoms with Crippen LogP contribution in [0.4, 0.5) is 0 Å². The smallest absolute Gasteiger partial charge is 0.251 e. The minimum atomic E-state index is 0.0111. The molecule has 1 saturated heterocycles. The molecule has 0 bridgehead atoms. The SMILES string of the molecule is CCCCN1CCC(NC(=O)c2cccc(OCC(C)C)c2)CC1. The van der Waals surface area contributed by atoms with Gasteiger partial charge >= 0.3 is 0 Å². The Morgan fingerprint density at radius 2 is 2.08 bits per heavy atom. The van der Waals surface area contributed by atoms with E-state index in [-0.39, 0.29) is 11.9 Å². The van der Waals surface area contributed by atoms with Crippen LogP contribution in [0, 0.1) is 5.92 Å². The predicted octanol–water partition coefficient (Wildman–Crippen LogP) is 3.72. The van der Waals surface area contributed by atoms with Crippen LogP contribution in [0.2, 0.25) is 0 Å². The molecule has 1 aromatic rings. The molecule has 1 heterocycles. The molecular weight excluding hydrogens is 300 g/mol. The zero-order chi connectivity index (χ0) is 17.4.